The summed E-state index contributed by atoms with van der Waals surface area (Å²) in [6, 6.07) is 9.66. The second kappa shape index (κ2) is 5.15. The van der Waals surface area contributed by atoms with Crippen molar-refractivity contribution in [3.63, 3.8) is 0 Å². The van der Waals surface area contributed by atoms with Crippen LogP contribution in [0.4, 0.5) is 4.39 Å². The molecule has 0 N–H and O–H groups in total. The van der Waals surface area contributed by atoms with Gasteiger partial charge in [-0.15, -0.1) is 0 Å². The molecule has 0 saturated heterocycles. The minimum Gasteiger partial charge on any atom is -0.435 e. The molecule has 2 aromatic rings. The van der Waals surface area contributed by atoms with Gasteiger partial charge in [0, 0.05) is 10.2 Å². The van der Waals surface area contributed by atoms with Crippen molar-refractivity contribution in [3.05, 3.63) is 51.9 Å². The molecule has 5 heteroatoms. The molecule has 1 aromatic heterocycles. The average molecular weight is 307 g/mol. The zero-order valence-electron chi connectivity index (χ0n) is 9.45. The normalized spacial score (nSPS) is 9.89. The molecule has 0 atom stereocenters. The van der Waals surface area contributed by atoms with E-state index in [0.29, 0.717) is 10.2 Å². The largest absolute Gasteiger partial charge is 0.435 e. The zero-order valence-corrected chi connectivity index (χ0v) is 11.0. The van der Waals surface area contributed by atoms with Crippen LogP contribution in [-0.2, 0) is 0 Å². The standard InChI is InChI=1S/C13H8BrFN2O/c1-8-2-3-9(7-16)13(17-8)18-12-5-4-10(14)6-11(12)15/h2-6H,1H3. The number of aryl methyl sites for hydroxylation is 1. The maximum atomic E-state index is 13.6. The number of pyridine rings is 1. The Morgan fingerprint density at radius 3 is 2.78 bits per heavy atom. The molecule has 1 aromatic carbocycles. The lowest BCUT2D eigenvalue weighted by atomic mass is 10.2. The Balaban J connectivity index is 2.40. The maximum absolute atomic E-state index is 13.6. The highest BCUT2D eigenvalue weighted by atomic mass is 79.9. The van der Waals surface area contributed by atoms with Crippen molar-refractivity contribution in [3.8, 4) is 17.7 Å². The van der Waals surface area contributed by atoms with Crippen molar-refractivity contribution in [2.75, 3.05) is 0 Å². The van der Waals surface area contributed by atoms with E-state index in [2.05, 4.69) is 20.9 Å². The summed E-state index contributed by atoms with van der Waals surface area (Å²) in [4.78, 5) is 4.08. The van der Waals surface area contributed by atoms with Gasteiger partial charge in [0.1, 0.15) is 11.6 Å². The van der Waals surface area contributed by atoms with Crippen molar-refractivity contribution in [1.29, 1.82) is 5.26 Å². The highest BCUT2D eigenvalue weighted by Gasteiger charge is 2.10. The summed E-state index contributed by atoms with van der Waals surface area (Å²) in [6.07, 6.45) is 0. The van der Waals surface area contributed by atoms with Gasteiger partial charge < -0.3 is 4.74 Å². The minimum absolute atomic E-state index is 0.0350. The molecule has 0 radical (unpaired) electrons. The lowest BCUT2D eigenvalue weighted by molar-refractivity contribution is 0.425. The Bertz CT molecular complexity index is 637. The van der Waals surface area contributed by atoms with Gasteiger partial charge in [-0.1, -0.05) is 15.9 Å². The van der Waals surface area contributed by atoms with Crippen LogP contribution in [-0.4, -0.2) is 4.98 Å². The van der Waals surface area contributed by atoms with Crippen molar-refractivity contribution in [2.45, 2.75) is 6.92 Å². The van der Waals surface area contributed by atoms with Crippen molar-refractivity contribution in [1.82, 2.24) is 4.98 Å². The van der Waals surface area contributed by atoms with Crippen molar-refractivity contribution in [2.24, 2.45) is 0 Å². The molecular formula is C13H8BrFN2O. The second-order valence-electron chi connectivity index (χ2n) is 3.59. The van der Waals surface area contributed by atoms with Crippen LogP contribution in [0.3, 0.4) is 0 Å². The number of ether oxygens (including phenoxy) is 1. The third kappa shape index (κ3) is 2.66. The molecule has 2 rings (SSSR count). The summed E-state index contributed by atoms with van der Waals surface area (Å²) in [5.41, 5.74) is 0.962. The van der Waals surface area contributed by atoms with E-state index >= 15 is 0 Å². The van der Waals surface area contributed by atoms with Gasteiger partial charge in [-0.05, 0) is 37.3 Å². The molecule has 0 fully saturated rings. The number of hydrogen-bond acceptors (Lipinski definition) is 3. The quantitative estimate of drug-likeness (QED) is 0.843. The van der Waals surface area contributed by atoms with Gasteiger partial charge in [-0.2, -0.15) is 5.26 Å². The summed E-state index contributed by atoms with van der Waals surface area (Å²) >= 11 is 3.16. The summed E-state index contributed by atoms with van der Waals surface area (Å²) in [7, 11) is 0. The molecule has 0 saturated carbocycles. The first-order chi connectivity index (χ1) is 8.60. The summed E-state index contributed by atoms with van der Waals surface area (Å²) < 4.78 is 19.6. The Hall–Kier alpha value is -1.93. The Labute approximate surface area is 112 Å². The number of halogens is 2. The minimum atomic E-state index is -0.517. The lowest BCUT2D eigenvalue weighted by Gasteiger charge is -2.08. The van der Waals surface area contributed by atoms with Crippen LogP contribution in [0.2, 0.25) is 0 Å². The van der Waals surface area contributed by atoms with Crippen LogP contribution in [0.25, 0.3) is 0 Å². The molecule has 0 aliphatic rings. The predicted octanol–water partition coefficient (Wildman–Crippen LogP) is 3.96. The molecule has 0 spiro atoms. The zero-order chi connectivity index (χ0) is 13.1. The fraction of sp³-hybridized carbons (Fsp3) is 0.0769. The van der Waals surface area contributed by atoms with E-state index in [4.69, 9.17) is 10.00 Å². The Morgan fingerprint density at radius 1 is 1.33 bits per heavy atom. The molecule has 0 bridgehead atoms. The number of rotatable bonds is 2. The number of benzene rings is 1. The highest BCUT2D eigenvalue weighted by Crippen LogP contribution is 2.27. The molecule has 90 valence electrons. The summed E-state index contributed by atoms with van der Waals surface area (Å²) in [5.74, 6) is -0.372. The summed E-state index contributed by atoms with van der Waals surface area (Å²) in [6.45, 7) is 1.77. The van der Waals surface area contributed by atoms with Crippen molar-refractivity contribution < 1.29 is 9.13 Å². The molecule has 0 aliphatic heterocycles. The first kappa shape index (κ1) is 12.5. The molecule has 0 amide bonds. The van der Waals surface area contributed by atoms with Crippen LogP contribution in [0, 0.1) is 24.1 Å². The molecule has 1 heterocycles. The summed E-state index contributed by atoms with van der Waals surface area (Å²) in [5, 5.41) is 8.93. The van der Waals surface area contributed by atoms with E-state index in [0.717, 1.165) is 0 Å². The third-order valence-electron chi connectivity index (χ3n) is 2.22. The van der Waals surface area contributed by atoms with Crippen LogP contribution < -0.4 is 4.74 Å². The van der Waals surface area contributed by atoms with E-state index in [1.807, 2.05) is 6.07 Å². The topological polar surface area (TPSA) is 45.9 Å². The Kier molecular flexibility index (Phi) is 3.58. The van der Waals surface area contributed by atoms with Crippen molar-refractivity contribution >= 4 is 15.9 Å². The van der Waals surface area contributed by atoms with Crippen LogP contribution in [0.15, 0.2) is 34.8 Å². The third-order valence-corrected chi connectivity index (χ3v) is 2.71. The van der Waals surface area contributed by atoms with Gasteiger partial charge in [0.25, 0.3) is 0 Å². The van der Waals surface area contributed by atoms with Crippen LogP contribution >= 0.6 is 15.9 Å². The second-order valence-corrected chi connectivity index (χ2v) is 4.51. The highest BCUT2D eigenvalue weighted by molar-refractivity contribution is 9.10. The van der Waals surface area contributed by atoms with Crippen LogP contribution in [0.1, 0.15) is 11.3 Å². The first-order valence-corrected chi connectivity index (χ1v) is 5.90. The van der Waals surface area contributed by atoms with Gasteiger partial charge in [0.05, 0.1) is 0 Å². The average Bonchev–Trinajstić information content (AvgIpc) is 2.33. The van der Waals surface area contributed by atoms with E-state index in [9.17, 15) is 4.39 Å². The number of hydrogen-bond donors (Lipinski definition) is 0. The molecule has 3 nitrogen and oxygen atoms in total. The fourth-order valence-corrected chi connectivity index (χ4v) is 1.69. The smallest absolute Gasteiger partial charge is 0.237 e. The predicted molar refractivity (Wildman–Crippen MR) is 67.9 cm³/mol. The maximum Gasteiger partial charge on any atom is 0.237 e. The fourth-order valence-electron chi connectivity index (χ4n) is 1.36. The number of aromatic nitrogens is 1. The van der Waals surface area contributed by atoms with Gasteiger partial charge in [0.2, 0.25) is 5.88 Å². The number of nitriles is 1. The molecule has 18 heavy (non-hydrogen) atoms. The van der Waals surface area contributed by atoms with E-state index in [-0.39, 0.29) is 17.2 Å². The van der Waals surface area contributed by atoms with Crippen LogP contribution in [0.5, 0.6) is 11.6 Å². The van der Waals surface area contributed by atoms with E-state index in [1.54, 1.807) is 25.1 Å². The monoisotopic (exact) mass is 306 g/mol. The lowest BCUT2D eigenvalue weighted by Crippen LogP contribution is -1.95. The number of nitrogens with zero attached hydrogens (tertiary/aromatic N) is 2. The SMILES string of the molecule is Cc1ccc(C#N)c(Oc2ccc(Br)cc2F)n1. The molecule has 0 aliphatic carbocycles. The van der Waals surface area contributed by atoms with Gasteiger partial charge >= 0.3 is 0 Å². The molecular weight excluding hydrogens is 299 g/mol. The van der Waals surface area contributed by atoms with Gasteiger partial charge in [-0.25, -0.2) is 9.37 Å². The Morgan fingerprint density at radius 2 is 2.11 bits per heavy atom. The van der Waals surface area contributed by atoms with Gasteiger partial charge in [0.15, 0.2) is 11.6 Å². The van der Waals surface area contributed by atoms with E-state index < -0.39 is 5.82 Å². The first-order valence-electron chi connectivity index (χ1n) is 5.11. The van der Waals surface area contributed by atoms with E-state index in [1.165, 1.54) is 12.1 Å². The molecule has 0 unspecified atom stereocenters. The van der Waals surface area contributed by atoms with Gasteiger partial charge in [-0.3, -0.25) is 0 Å².